The molecule has 1 fully saturated rings. The van der Waals surface area contributed by atoms with Crippen LogP contribution in [0.2, 0.25) is 0 Å². The molecule has 0 radical (unpaired) electrons. The molecule has 3 unspecified atom stereocenters. The van der Waals surface area contributed by atoms with Gasteiger partial charge in [-0.25, -0.2) is 0 Å². The molecular weight excluding hydrogens is 254 g/mol. The third kappa shape index (κ3) is 4.78. The fraction of sp³-hybridized carbons (Fsp3) is 0.867. The maximum Gasteiger partial charge on any atom is 0.234 e. The molecule has 0 aromatic heterocycles. The Morgan fingerprint density at radius 3 is 2.60 bits per heavy atom. The Labute approximate surface area is 122 Å². The number of rotatable bonds is 7. The van der Waals surface area contributed by atoms with Crippen molar-refractivity contribution >= 4 is 11.8 Å². The second-order valence-corrected chi connectivity index (χ2v) is 5.79. The van der Waals surface area contributed by atoms with E-state index in [2.05, 4.69) is 19.2 Å². The summed E-state index contributed by atoms with van der Waals surface area (Å²) in [5.41, 5.74) is 5.49. The van der Waals surface area contributed by atoms with Crippen molar-refractivity contribution < 1.29 is 9.59 Å². The van der Waals surface area contributed by atoms with Crippen LogP contribution < -0.4 is 11.1 Å². The van der Waals surface area contributed by atoms with Crippen LogP contribution in [0.3, 0.4) is 0 Å². The number of piperidine rings is 1. The summed E-state index contributed by atoms with van der Waals surface area (Å²) >= 11 is 0. The van der Waals surface area contributed by atoms with Gasteiger partial charge >= 0.3 is 0 Å². The van der Waals surface area contributed by atoms with Gasteiger partial charge in [0, 0.05) is 26.1 Å². The van der Waals surface area contributed by atoms with Gasteiger partial charge in [0.2, 0.25) is 11.8 Å². The summed E-state index contributed by atoms with van der Waals surface area (Å²) in [7, 11) is 0. The number of hydrogen-bond acceptors (Lipinski definition) is 3. The summed E-state index contributed by atoms with van der Waals surface area (Å²) in [6.07, 6.45) is 4.76. The highest BCUT2D eigenvalue weighted by Gasteiger charge is 2.31. The van der Waals surface area contributed by atoms with Gasteiger partial charge in [-0.1, -0.05) is 33.1 Å². The van der Waals surface area contributed by atoms with Crippen LogP contribution in [0, 0.1) is 5.92 Å². The molecule has 0 aliphatic carbocycles. The Kier molecular flexibility index (Phi) is 6.99. The van der Waals surface area contributed by atoms with E-state index in [1.165, 1.54) is 0 Å². The number of likely N-dealkylation sites (tertiary alicyclic amines) is 1. The molecule has 1 heterocycles. The van der Waals surface area contributed by atoms with Gasteiger partial charge in [0.25, 0.3) is 0 Å². The molecule has 2 amide bonds. The van der Waals surface area contributed by atoms with Gasteiger partial charge in [-0.05, 0) is 18.8 Å². The van der Waals surface area contributed by atoms with Crippen molar-refractivity contribution in [2.24, 2.45) is 11.7 Å². The molecule has 116 valence electrons. The zero-order valence-electron chi connectivity index (χ0n) is 13.0. The zero-order chi connectivity index (χ0) is 15.1. The van der Waals surface area contributed by atoms with Gasteiger partial charge in [0.05, 0.1) is 6.04 Å². The summed E-state index contributed by atoms with van der Waals surface area (Å²) in [6.45, 7) is 7.41. The van der Waals surface area contributed by atoms with E-state index in [4.69, 9.17) is 5.73 Å². The SMILES string of the molecule is CCCCC(NC1CCN(C(C)=O)CC1CC)C(N)=O. The van der Waals surface area contributed by atoms with Crippen LogP contribution in [0.1, 0.15) is 52.9 Å². The maximum atomic E-state index is 11.5. The largest absolute Gasteiger partial charge is 0.368 e. The second kappa shape index (κ2) is 8.25. The molecule has 20 heavy (non-hydrogen) atoms. The van der Waals surface area contributed by atoms with Crippen LogP contribution >= 0.6 is 0 Å². The van der Waals surface area contributed by atoms with Crippen molar-refractivity contribution in [3.05, 3.63) is 0 Å². The molecule has 1 saturated heterocycles. The van der Waals surface area contributed by atoms with Gasteiger partial charge < -0.3 is 16.0 Å². The van der Waals surface area contributed by atoms with Crippen LogP contribution in [0.5, 0.6) is 0 Å². The Morgan fingerprint density at radius 2 is 2.10 bits per heavy atom. The monoisotopic (exact) mass is 283 g/mol. The minimum absolute atomic E-state index is 0.138. The van der Waals surface area contributed by atoms with E-state index in [9.17, 15) is 9.59 Å². The van der Waals surface area contributed by atoms with Crippen molar-refractivity contribution in [3.8, 4) is 0 Å². The number of carbonyl (C=O) groups is 2. The van der Waals surface area contributed by atoms with Gasteiger partial charge in [0.1, 0.15) is 0 Å². The first kappa shape index (κ1) is 17.0. The van der Waals surface area contributed by atoms with Crippen molar-refractivity contribution in [2.45, 2.75) is 65.0 Å². The molecule has 0 aromatic rings. The molecule has 5 nitrogen and oxygen atoms in total. The van der Waals surface area contributed by atoms with E-state index < -0.39 is 0 Å². The number of amides is 2. The van der Waals surface area contributed by atoms with Gasteiger partial charge in [-0.3, -0.25) is 9.59 Å². The number of primary amides is 1. The first-order valence-electron chi connectivity index (χ1n) is 7.80. The van der Waals surface area contributed by atoms with Crippen LogP contribution in [0.4, 0.5) is 0 Å². The Hall–Kier alpha value is -1.10. The smallest absolute Gasteiger partial charge is 0.234 e. The summed E-state index contributed by atoms with van der Waals surface area (Å²) < 4.78 is 0. The van der Waals surface area contributed by atoms with E-state index in [1.54, 1.807) is 6.92 Å². The van der Waals surface area contributed by atoms with Crippen molar-refractivity contribution in [1.29, 1.82) is 0 Å². The van der Waals surface area contributed by atoms with Crippen LogP contribution in [-0.4, -0.2) is 41.9 Å². The topological polar surface area (TPSA) is 75.4 Å². The van der Waals surface area contributed by atoms with Crippen molar-refractivity contribution in [1.82, 2.24) is 10.2 Å². The van der Waals surface area contributed by atoms with E-state index in [1.807, 2.05) is 4.90 Å². The predicted octanol–water partition coefficient (Wildman–Crippen LogP) is 1.27. The van der Waals surface area contributed by atoms with Crippen LogP contribution in [0.25, 0.3) is 0 Å². The molecule has 3 N–H and O–H groups in total. The van der Waals surface area contributed by atoms with Gasteiger partial charge in [-0.2, -0.15) is 0 Å². The standard InChI is InChI=1S/C15H29N3O2/c1-4-6-7-14(15(16)20)17-13-8-9-18(11(3)19)10-12(13)5-2/h12-14,17H,4-10H2,1-3H3,(H2,16,20). The van der Waals surface area contributed by atoms with E-state index in [-0.39, 0.29) is 23.9 Å². The van der Waals surface area contributed by atoms with E-state index in [0.717, 1.165) is 45.2 Å². The molecule has 1 aliphatic heterocycles. The fourth-order valence-electron chi connectivity index (χ4n) is 2.93. The Bertz CT molecular complexity index is 333. The minimum Gasteiger partial charge on any atom is -0.368 e. The summed E-state index contributed by atoms with van der Waals surface area (Å²) in [4.78, 5) is 24.9. The van der Waals surface area contributed by atoms with Crippen molar-refractivity contribution in [3.63, 3.8) is 0 Å². The molecule has 0 spiro atoms. The first-order valence-corrected chi connectivity index (χ1v) is 7.80. The molecule has 0 saturated carbocycles. The fourth-order valence-corrected chi connectivity index (χ4v) is 2.93. The quantitative estimate of drug-likeness (QED) is 0.739. The van der Waals surface area contributed by atoms with E-state index >= 15 is 0 Å². The lowest BCUT2D eigenvalue weighted by Gasteiger charge is -2.39. The summed E-state index contributed by atoms with van der Waals surface area (Å²) in [5, 5.41) is 3.44. The lowest BCUT2D eigenvalue weighted by molar-refractivity contribution is -0.131. The lowest BCUT2D eigenvalue weighted by atomic mass is 9.89. The Balaban J connectivity index is 2.60. The normalized spacial score (nSPS) is 24.4. The molecule has 1 aliphatic rings. The highest BCUT2D eigenvalue weighted by Crippen LogP contribution is 2.21. The van der Waals surface area contributed by atoms with Crippen LogP contribution in [-0.2, 0) is 9.59 Å². The summed E-state index contributed by atoms with van der Waals surface area (Å²) in [6, 6.07) is 0.0443. The van der Waals surface area contributed by atoms with Crippen molar-refractivity contribution in [2.75, 3.05) is 13.1 Å². The average molecular weight is 283 g/mol. The highest BCUT2D eigenvalue weighted by atomic mass is 16.2. The average Bonchev–Trinajstić information content (AvgIpc) is 2.42. The zero-order valence-corrected chi connectivity index (χ0v) is 13.0. The number of carbonyl (C=O) groups excluding carboxylic acids is 2. The number of hydrogen-bond donors (Lipinski definition) is 2. The Morgan fingerprint density at radius 1 is 1.40 bits per heavy atom. The van der Waals surface area contributed by atoms with E-state index in [0.29, 0.717) is 5.92 Å². The molecule has 3 atom stereocenters. The molecule has 1 rings (SSSR count). The number of nitrogens with zero attached hydrogens (tertiary/aromatic N) is 1. The minimum atomic E-state index is -0.262. The molecular formula is C15H29N3O2. The number of unbranched alkanes of at least 4 members (excludes halogenated alkanes) is 1. The predicted molar refractivity (Wildman–Crippen MR) is 80.1 cm³/mol. The van der Waals surface area contributed by atoms with Gasteiger partial charge in [0.15, 0.2) is 0 Å². The molecule has 5 heteroatoms. The number of nitrogens with two attached hydrogens (primary N) is 1. The van der Waals surface area contributed by atoms with Crippen LogP contribution in [0.15, 0.2) is 0 Å². The third-order valence-corrected chi connectivity index (χ3v) is 4.31. The lowest BCUT2D eigenvalue weighted by Crippen LogP contribution is -2.55. The third-order valence-electron chi connectivity index (χ3n) is 4.31. The van der Waals surface area contributed by atoms with Gasteiger partial charge in [-0.15, -0.1) is 0 Å². The molecule has 0 bridgehead atoms. The number of nitrogens with one attached hydrogen (secondary N) is 1. The molecule has 0 aromatic carbocycles. The maximum absolute atomic E-state index is 11.5. The second-order valence-electron chi connectivity index (χ2n) is 5.79. The summed E-state index contributed by atoms with van der Waals surface area (Å²) in [5.74, 6) is 0.276. The highest BCUT2D eigenvalue weighted by molar-refractivity contribution is 5.79. The first-order chi connectivity index (χ1) is 9.49.